The molecular formula is C21H26ClN3O3S. The molecule has 0 spiro atoms. The van der Waals surface area contributed by atoms with Crippen LogP contribution >= 0.6 is 22.9 Å². The van der Waals surface area contributed by atoms with Crippen LogP contribution in [-0.2, 0) is 17.6 Å². The largest absolute Gasteiger partial charge is 0.445 e. The molecule has 3 rings (SSSR count). The van der Waals surface area contributed by atoms with Crippen molar-refractivity contribution in [2.75, 3.05) is 19.7 Å². The van der Waals surface area contributed by atoms with Crippen LogP contribution in [0.5, 0.6) is 0 Å². The van der Waals surface area contributed by atoms with Gasteiger partial charge in [-0.15, -0.1) is 11.3 Å². The average molecular weight is 436 g/mol. The molecule has 0 aliphatic carbocycles. The number of aromatic nitrogens is 2. The predicted octanol–water partition coefficient (Wildman–Crippen LogP) is 4.79. The van der Waals surface area contributed by atoms with Crippen LogP contribution in [-0.4, -0.2) is 46.4 Å². The van der Waals surface area contributed by atoms with E-state index in [4.69, 9.17) is 16.3 Å². The summed E-state index contributed by atoms with van der Waals surface area (Å²) in [5, 5.41) is 4.62. The van der Waals surface area contributed by atoms with Gasteiger partial charge in [0.1, 0.15) is 6.61 Å². The lowest BCUT2D eigenvalue weighted by Crippen LogP contribution is -2.48. The van der Waals surface area contributed by atoms with Gasteiger partial charge in [0.25, 0.3) is 5.91 Å². The summed E-state index contributed by atoms with van der Waals surface area (Å²) in [5.41, 5.74) is 1.19. The Hall–Kier alpha value is -2.12. The van der Waals surface area contributed by atoms with Crippen molar-refractivity contribution in [2.24, 2.45) is 5.41 Å². The molecule has 3 heterocycles. The van der Waals surface area contributed by atoms with Crippen LogP contribution in [0, 0.1) is 5.41 Å². The van der Waals surface area contributed by atoms with Gasteiger partial charge in [-0.1, -0.05) is 45.0 Å². The zero-order valence-corrected chi connectivity index (χ0v) is 18.6. The maximum absolute atomic E-state index is 12.9. The van der Waals surface area contributed by atoms with Crippen LogP contribution in [0.15, 0.2) is 30.9 Å². The second-order valence-corrected chi connectivity index (χ2v) is 10.0. The Bertz CT molecular complexity index is 907. The molecule has 0 radical (unpaired) electrons. The lowest BCUT2D eigenvalue weighted by atomic mass is 9.95. The van der Waals surface area contributed by atoms with Crippen LogP contribution < -0.4 is 0 Å². The first-order chi connectivity index (χ1) is 13.7. The summed E-state index contributed by atoms with van der Waals surface area (Å²) in [4.78, 5) is 27.6. The monoisotopic (exact) mass is 435 g/mol. The molecule has 2 aromatic rings. The van der Waals surface area contributed by atoms with Crippen molar-refractivity contribution in [3.63, 3.8) is 0 Å². The summed E-state index contributed by atoms with van der Waals surface area (Å²) < 4.78 is 7.37. The minimum absolute atomic E-state index is 0.0375. The highest BCUT2D eigenvalue weighted by Gasteiger charge is 2.36. The van der Waals surface area contributed by atoms with Crippen LogP contribution in [0.25, 0.3) is 0 Å². The van der Waals surface area contributed by atoms with Gasteiger partial charge in [0.05, 0.1) is 10.0 Å². The average Bonchev–Trinajstić information content (AvgIpc) is 3.21. The molecule has 1 saturated heterocycles. The van der Waals surface area contributed by atoms with Crippen molar-refractivity contribution in [2.45, 2.75) is 39.5 Å². The standard InChI is InChI=1S/C21H26ClN3O3S/c1-5-10-28-20(27)24-12-14(13-24)17-11-15(6-7-16-8-9-18(22)29-16)25(23-17)19(26)21(2,3)4/h5,8-9,11,14H,1,6-7,10,12-13H2,2-4H3. The van der Waals surface area contributed by atoms with Gasteiger partial charge in [-0.3, -0.25) is 4.79 Å². The van der Waals surface area contributed by atoms with Gasteiger partial charge in [0.2, 0.25) is 0 Å². The second-order valence-electron chi connectivity index (χ2n) is 8.20. The Labute approximate surface area is 180 Å². The quantitative estimate of drug-likeness (QED) is 0.612. The second kappa shape index (κ2) is 8.71. The minimum Gasteiger partial charge on any atom is -0.445 e. The van der Waals surface area contributed by atoms with Gasteiger partial charge < -0.3 is 9.64 Å². The fourth-order valence-electron chi connectivity index (χ4n) is 3.09. The van der Waals surface area contributed by atoms with Gasteiger partial charge in [-0.2, -0.15) is 5.10 Å². The highest BCUT2D eigenvalue weighted by atomic mass is 35.5. The first kappa shape index (κ1) is 21.6. The summed E-state index contributed by atoms with van der Waals surface area (Å²) in [7, 11) is 0. The van der Waals surface area contributed by atoms with Gasteiger partial charge in [-0.25, -0.2) is 9.48 Å². The third-order valence-corrected chi connectivity index (χ3v) is 6.07. The van der Waals surface area contributed by atoms with E-state index in [2.05, 4.69) is 11.7 Å². The van der Waals surface area contributed by atoms with Crippen LogP contribution in [0.2, 0.25) is 4.34 Å². The topological polar surface area (TPSA) is 64.4 Å². The van der Waals surface area contributed by atoms with E-state index >= 15 is 0 Å². The molecule has 0 unspecified atom stereocenters. The van der Waals surface area contributed by atoms with Gasteiger partial charge in [0.15, 0.2) is 0 Å². The number of hydrogen-bond acceptors (Lipinski definition) is 5. The number of aryl methyl sites for hydroxylation is 2. The minimum atomic E-state index is -0.537. The first-order valence-corrected chi connectivity index (χ1v) is 10.8. The summed E-state index contributed by atoms with van der Waals surface area (Å²) in [5.74, 6) is 0.0692. The van der Waals surface area contributed by atoms with Gasteiger partial charge >= 0.3 is 6.09 Å². The number of hydrogen-bond donors (Lipinski definition) is 0. The molecule has 29 heavy (non-hydrogen) atoms. The molecule has 0 atom stereocenters. The van der Waals surface area contributed by atoms with Crippen LogP contribution in [0.3, 0.4) is 0 Å². The molecule has 2 aromatic heterocycles. The Morgan fingerprint density at radius 3 is 2.66 bits per heavy atom. The van der Waals surface area contributed by atoms with E-state index in [1.807, 2.05) is 39.0 Å². The van der Waals surface area contributed by atoms with E-state index < -0.39 is 5.41 Å². The molecular weight excluding hydrogens is 410 g/mol. The maximum Gasteiger partial charge on any atom is 0.410 e. The highest BCUT2D eigenvalue weighted by Crippen LogP contribution is 2.29. The van der Waals surface area contributed by atoms with E-state index in [0.29, 0.717) is 19.5 Å². The summed E-state index contributed by atoms with van der Waals surface area (Å²) in [6, 6.07) is 5.90. The Morgan fingerprint density at radius 1 is 1.34 bits per heavy atom. The number of halogens is 1. The van der Waals surface area contributed by atoms with E-state index in [-0.39, 0.29) is 24.5 Å². The number of rotatable bonds is 6. The summed E-state index contributed by atoms with van der Waals surface area (Å²) >= 11 is 7.58. The van der Waals surface area contributed by atoms with E-state index in [9.17, 15) is 9.59 Å². The van der Waals surface area contributed by atoms with E-state index in [1.54, 1.807) is 27.0 Å². The molecule has 0 bridgehead atoms. The van der Waals surface area contributed by atoms with E-state index in [1.165, 1.54) is 4.88 Å². The molecule has 0 aromatic carbocycles. The molecule has 0 N–H and O–H groups in total. The highest BCUT2D eigenvalue weighted by molar-refractivity contribution is 7.16. The molecule has 156 valence electrons. The van der Waals surface area contributed by atoms with Gasteiger partial charge in [0, 0.05) is 35.0 Å². The Balaban J connectivity index is 1.73. The smallest absolute Gasteiger partial charge is 0.410 e. The lowest BCUT2D eigenvalue weighted by molar-refractivity contribution is 0.0727. The van der Waals surface area contributed by atoms with Crippen LogP contribution in [0.1, 0.15) is 47.7 Å². The molecule has 1 fully saturated rings. The van der Waals surface area contributed by atoms with Crippen LogP contribution in [0.4, 0.5) is 4.79 Å². The van der Waals surface area contributed by atoms with Crippen molar-refractivity contribution in [3.8, 4) is 0 Å². The van der Waals surface area contributed by atoms with Crippen molar-refractivity contribution in [3.05, 3.63) is 51.5 Å². The first-order valence-electron chi connectivity index (χ1n) is 9.59. The van der Waals surface area contributed by atoms with Crippen molar-refractivity contribution in [1.29, 1.82) is 0 Å². The molecule has 0 saturated carbocycles. The SMILES string of the molecule is C=CCOC(=O)N1CC(c2cc(CCc3ccc(Cl)s3)n(C(=O)C(C)(C)C)n2)C1. The number of ether oxygens (including phenoxy) is 1. The molecule has 1 aliphatic heterocycles. The van der Waals surface area contributed by atoms with Crippen molar-refractivity contribution in [1.82, 2.24) is 14.7 Å². The molecule has 1 aliphatic rings. The number of carbonyl (C=O) groups excluding carboxylic acids is 2. The maximum atomic E-state index is 12.9. The number of thiophene rings is 1. The number of amides is 1. The van der Waals surface area contributed by atoms with E-state index in [0.717, 1.165) is 22.1 Å². The number of nitrogens with zero attached hydrogens (tertiary/aromatic N) is 3. The number of likely N-dealkylation sites (tertiary alicyclic amines) is 1. The summed E-state index contributed by atoms with van der Waals surface area (Å²) in [6.45, 7) is 10.5. The van der Waals surface area contributed by atoms with Crippen molar-refractivity contribution < 1.29 is 14.3 Å². The fraction of sp³-hybridized carbons (Fsp3) is 0.476. The zero-order valence-electron chi connectivity index (χ0n) is 17.0. The van der Waals surface area contributed by atoms with Gasteiger partial charge in [-0.05, 0) is 31.0 Å². The normalized spacial score (nSPS) is 14.6. The Morgan fingerprint density at radius 2 is 2.07 bits per heavy atom. The third-order valence-electron chi connectivity index (χ3n) is 4.78. The lowest BCUT2D eigenvalue weighted by Gasteiger charge is -2.37. The fourth-order valence-corrected chi connectivity index (χ4v) is 4.17. The molecule has 8 heteroatoms. The third kappa shape index (κ3) is 5.08. The predicted molar refractivity (Wildman–Crippen MR) is 115 cm³/mol. The molecule has 6 nitrogen and oxygen atoms in total. The Kier molecular flexibility index (Phi) is 6.49. The zero-order chi connectivity index (χ0) is 21.2. The summed E-state index contributed by atoms with van der Waals surface area (Å²) in [6.07, 6.45) is 2.69. The molecule has 1 amide bonds. The number of carbonyl (C=O) groups is 2. The van der Waals surface area contributed by atoms with Crippen molar-refractivity contribution >= 4 is 34.9 Å².